The van der Waals surface area contributed by atoms with Crippen molar-refractivity contribution >= 4 is 17.6 Å². The van der Waals surface area contributed by atoms with Crippen molar-refractivity contribution in [2.24, 2.45) is 0 Å². The van der Waals surface area contributed by atoms with Crippen LogP contribution in [0.25, 0.3) is 0 Å². The summed E-state index contributed by atoms with van der Waals surface area (Å²) in [6, 6.07) is 5.70. The minimum Gasteiger partial charge on any atom is -0.490 e. The topological polar surface area (TPSA) is 47.6 Å². The molecule has 1 aromatic rings. The molecule has 1 aliphatic rings. The van der Waals surface area contributed by atoms with E-state index in [4.69, 9.17) is 21.1 Å². The number of piperidine rings is 1. The van der Waals surface area contributed by atoms with Crippen molar-refractivity contribution in [2.45, 2.75) is 70.8 Å². The molecule has 1 fully saturated rings. The molecule has 0 amide bonds. The molecule has 140 valence electrons. The second kappa shape index (κ2) is 11.4. The number of hydrogen-bond acceptors (Lipinski definition) is 4. The Bertz CT molecular complexity index is 530. The number of ether oxygens (including phenoxy) is 2. The van der Waals surface area contributed by atoms with Gasteiger partial charge in [0, 0.05) is 23.6 Å². The van der Waals surface area contributed by atoms with Crippen LogP contribution < -0.4 is 14.8 Å². The summed E-state index contributed by atoms with van der Waals surface area (Å²) in [5, 5.41) is 4.05. The van der Waals surface area contributed by atoms with Gasteiger partial charge >= 0.3 is 5.97 Å². The Labute approximate surface area is 156 Å². The number of hydrogen-bond donors (Lipinski definition) is 1. The van der Waals surface area contributed by atoms with Crippen molar-refractivity contribution in [3.8, 4) is 11.5 Å². The average molecular weight is 368 g/mol. The first-order chi connectivity index (χ1) is 12.2. The van der Waals surface area contributed by atoms with Crippen LogP contribution in [-0.4, -0.2) is 25.2 Å². The maximum absolute atomic E-state index is 12.0. The smallest absolute Gasteiger partial charge is 0.311 e. The third-order valence-corrected chi connectivity index (χ3v) is 4.74. The van der Waals surface area contributed by atoms with Crippen LogP contribution in [0.1, 0.15) is 64.7 Å². The van der Waals surface area contributed by atoms with Crippen LogP contribution in [0.5, 0.6) is 11.5 Å². The van der Waals surface area contributed by atoms with Gasteiger partial charge in [-0.1, -0.05) is 44.2 Å². The van der Waals surface area contributed by atoms with Gasteiger partial charge in [0.1, 0.15) is 0 Å². The van der Waals surface area contributed by atoms with E-state index in [0.717, 1.165) is 38.6 Å². The highest BCUT2D eigenvalue weighted by Crippen LogP contribution is 2.31. The van der Waals surface area contributed by atoms with Crippen molar-refractivity contribution in [3.63, 3.8) is 0 Å². The highest BCUT2D eigenvalue weighted by Gasteiger charge is 2.14. The maximum atomic E-state index is 12.0. The Morgan fingerprint density at radius 1 is 1.24 bits per heavy atom. The molecule has 0 aromatic heterocycles. The Balaban J connectivity index is 1.82. The molecule has 1 unspecified atom stereocenters. The van der Waals surface area contributed by atoms with E-state index in [9.17, 15) is 4.79 Å². The lowest BCUT2D eigenvalue weighted by atomic mass is 10.0. The van der Waals surface area contributed by atoms with Gasteiger partial charge < -0.3 is 14.8 Å². The van der Waals surface area contributed by atoms with Gasteiger partial charge in [0.25, 0.3) is 0 Å². The van der Waals surface area contributed by atoms with Gasteiger partial charge in [0.15, 0.2) is 11.5 Å². The van der Waals surface area contributed by atoms with E-state index in [1.165, 1.54) is 19.3 Å². The minimum atomic E-state index is -0.225. The van der Waals surface area contributed by atoms with Crippen LogP contribution in [0.3, 0.4) is 0 Å². The molecule has 0 aliphatic carbocycles. The first kappa shape index (κ1) is 20.1. The molecule has 25 heavy (non-hydrogen) atoms. The summed E-state index contributed by atoms with van der Waals surface area (Å²) in [7, 11) is 0. The average Bonchev–Trinajstić information content (AvgIpc) is 2.61. The fraction of sp³-hybridized carbons (Fsp3) is 0.650. The largest absolute Gasteiger partial charge is 0.490 e. The zero-order valence-corrected chi connectivity index (χ0v) is 15.9. The van der Waals surface area contributed by atoms with Crippen molar-refractivity contribution in [1.82, 2.24) is 5.32 Å². The van der Waals surface area contributed by atoms with Gasteiger partial charge in [-0.3, -0.25) is 4.79 Å². The quantitative estimate of drug-likeness (QED) is 0.354. The molecule has 2 rings (SSSR count). The minimum absolute atomic E-state index is 0.225. The first-order valence-electron chi connectivity index (χ1n) is 9.55. The monoisotopic (exact) mass is 367 g/mol. The zero-order valence-electron chi connectivity index (χ0n) is 15.2. The van der Waals surface area contributed by atoms with E-state index in [1.807, 2.05) is 0 Å². The number of nitrogens with one attached hydrogen (secondary N) is 1. The predicted molar refractivity (Wildman–Crippen MR) is 102 cm³/mol. The number of carbonyl (C=O) groups excluding carboxylic acids is 1. The molecule has 5 heteroatoms. The third kappa shape index (κ3) is 7.66. The van der Waals surface area contributed by atoms with Gasteiger partial charge in [-0.15, -0.1) is 0 Å². The molecule has 0 bridgehead atoms. The number of halogens is 1. The second-order valence-electron chi connectivity index (χ2n) is 6.66. The number of rotatable bonds is 10. The van der Waals surface area contributed by atoms with Crippen LogP contribution in [0.15, 0.2) is 18.2 Å². The van der Waals surface area contributed by atoms with Gasteiger partial charge in [0.05, 0.1) is 6.61 Å². The summed E-state index contributed by atoms with van der Waals surface area (Å²) in [6.45, 7) is 3.84. The van der Waals surface area contributed by atoms with Gasteiger partial charge in [0.2, 0.25) is 0 Å². The van der Waals surface area contributed by atoms with E-state index in [-0.39, 0.29) is 5.97 Å². The number of carbonyl (C=O) groups is 1. The molecule has 0 radical (unpaired) electrons. The molecule has 1 N–H and O–H groups in total. The Kier molecular flexibility index (Phi) is 9.12. The molecule has 1 saturated heterocycles. The summed E-state index contributed by atoms with van der Waals surface area (Å²) >= 11 is 6.04. The number of unbranched alkanes of at least 4 members (excludes halogenated alkanes) is 3. The van der Waals surface area contributed by atoms with Crippen molar-refractivity contribution in [1.29, 1.82) is 0 Å². The molecule has 1 aromatic carbocycles. The standard InChI is InChI=1S/C20H30ClNO3/c1-2-3-4-5-9-20(23)25-19-15-16(21)10-11-18(19)24-14-12-17-8-6-7-13-22-17/h10-11,15,17,22H,2-9,12-14H2,1H3. The highest BCUT2D eigenvalue weighted by atomic mass is 35.5. The van der Waals surface area contributed by atoms with Crippen molar-refractivity contribution in [3.05, 3.63) is 23.2 Å². The van der Waals surface area contributed by atoms with E-state index in [2.05, 4.69) is 12.2 Å². The molecule has 0 spiro atoms. The predicted octanol–water partition coefficient (Wildman–Crippen LogP) is 5.13. The molecular formula is C20H30ClNO3. The van der Waals surface area contributed by atoms with Crippen LogP contribution in [0, 0.1) is 0 Å². The zero-order chi connectivity index (χ0) is 17.9. The SMILES string of the molecule is CCCCCCC(=O)Oc1cc(Cl)ccc1OCCC1CCCCN1. The molecule has 0 saturated carbocycles. The van der Waals surface area contributed by atoms with E-state index >= 15 is 0 Å². The van der Waals surface area contributed by atoms with Crippen LogP contribution >= 0.6 is 11.6 Å². The van der Waals surface area contributed by atoms with Gasteiger partial charge in [-0.05, 0) is 44.4 Å². The summed E-state index contributed by atoms with van der Waals surface area (Å²) in [5.41, 5.74) is 0. The van der Waals surface area contributed by atoms with E-state index in [0.29, 0.717) is 35.6 Å². The summed E-state index contributed by atoms with van der Waals surface area (Å²) < 4.78 is 11.3. The van der Waals surface area contributed by atoms with E-state index in [1.54, 1.807) is 18.2 Å². The lowest BCUT2D eigenvalue weighted by Crippen LogP contribution is -2.35. The van der Waals surface area contributed by atoms with Crippen LogP contribution in [0.2, 0.25) is 5.02 Å². The number of benzene rings is 1. The fourth-order valence-corrected chi connectivity index (χ4v) is 3.19. The molecule has 4 nitrogen and oxygen atoms in total. The highest BCUT2D eigenvalue weighted by molar-refractivity contribution is 6.30. The van der Waals surface area contributed by atoms with Crippen LogP contribution in [-0.2, 0) is 4.79 Å². The summed E-state index contributed by atoms with van der Waals surface area (Å²) in [6.07, 6.45) is 9.32. The fourth-order valence-electron chi connectivity index (χ4n) is 3.03. The van der Waals surface area contributed by atoms with Crippen molar-refractivity contribution in [2.75, 3.05) is 13.2 Å². The first-order valence-corrected chi connectivity index (χ1v) is 9.93. The van der Waals surface area contributed by atoms with Crippen molar-refractivity contribution < 1.29 is 14.3 Å². The van der Waals surface area contributed by atoms with Crippen LogP contribution in [0.4, 0.5) is 0 Å². The maximum Gasteiger partial charge on any atom is 0.311 e. The lowest BCUT2D eigenvalue weighted by Gasteiger charge is -2.23. The molecule has 1 heterocycles. The molecule has 1 atom stereocenters. The molecular weight excluding hydrogens is 338 g/mol. The van der Waals surface area contributed by atoms with E-state index < -0.39 is 0 Å². The van der Waals surface area contributed by atoms with Gasteiger partial charge in [-0.2, -0.15) is 0 Å². The lowest BCUT2D eigenvalue weighted by molar-refractivity contribution is -0.134. The summed E-state index contributed by atoms with van der Waals surface area (Å²) in [5.74, 6) is 0.781. The Morgan fingerprint density at radius 3 is 2.88 bits per heavy atom. The van der Waals surface area contributed by atoms with Gasteiger partial charge in [-0.25, -0.2) is 0 Å². The third-order valence-electron chi connectivity index (χ3n) is 4.50. The second-order valence-corrected chi connectivity index (χ2v) is 7.10. The Hall–Kier alpha value is -1.26. The Morgan fingerprint density at radius 2 is 2.12 bits per heavy atom. The normalized spacial score (nSPS) is 17.3. The molecule has 1 aliphatic heterocycles. The number of esters is 1. The summed E-state index contributed by atoms with van der Waals surface area (Å²) in [4.78, 5) is 12.0.